The maximum absolute atomic E-state index is 12.8. The van der Waals surface area contributed by atoms with Crippen molar-refractivity contribution in [1.82, 2.24) is 0 Å². The van der Waals surface area contributed by atoms with Crippen molar-refractivity contribution in [3.05, 3.63) is 23.8 Å². The average Bonchev–Trinajstić information content (AvgIpc) is 2.42. The van der Waals surface area contributed by atoms with Crippen molar-refractivity contribution in [1.29, 1.82) is 0 Å². The molecule has 108 valence electrons. The molecule has 0 saturated carbocycles. The number of Topliss-reactive ketones (excluding diaryl/α,β-unsaturated/α-hetero) is 1. The number of ether oxygens (including phenoxy) is 1. The molecular formula is C16H21NO3. The van der Waals surface area contributed by atoms with Gasteiger partial charge in [-0.3, -0.25) is 14.5 Å². The molecule has 1 amide bonds. The summed E-state index contributed by atoms with van der Waals surface area (Å²) in [6.07, 6.45) is 1.17. The summed E-state index contributed by atoms with van der Waals surface area (Å²) in [5.41, 5.74) is 0.884. The summed E-state index contributed by atoms with van der Waals surface area (Å²) >= 11 is 0. The predicted octanol–water partition coefficient (Wildman–Crippen LogP) is 2.87. The molecule has 20 heavy (non-hydrogen) atoms. The minimum absolute atomic E-state index is 0.0335. The third-order valence-electron chi connectivity index (χ3n) is 3.87. The summed E-state index contributed by atoms with van der Waals surface area (Å²) in [7, 11) is 0. The van der Waals surface area contributed by atoms with Crippen LogP contribution in [0.15, 0.2) is 18.2 Å². The van der Waals surface area contributed by atoms with E-state index >= 15 is 0 Å². The maximum Gasteiger partial charge on any atom is 0.271 e. The Bertz CT molecular complexity index is 547. The SMILES string of the molecule is CCC1(CC)Oc2ccc(C)cc2N(CC(C)=O)C1=O. The number of rotatable bonds is 4. The fourth-order valence-corrected chi connectivity index (χ4v) is 2.61. The minimum Gasteiger partial charge on any atom is -0.475 e. The van der Waals surface area contributed by atoms with Crippen LogP contribution in [0, 0.1) is 6.92 Å². The molecule has 1 heterocycles. The first-order chi connectivity index (χ1) is 9.43. The van der Waals surface area contributed by atoms with Crippen molar-refractivity contribution in [2.24, 2.45) is 0 Å². The highest BCUT2D eigenvalue weighted by Gasteiger charge is 2.45. The lowest BCUT2D eigenvalue weighted by Crippen LogP contribution is -2.56. The van der Waals surface area contributed by atoms with Crippen molar-refractivity contribution < 1.29 is 14.3 Å². The van der Waals surface area contributed by atoms with Crippen molar-refractivity contribution in [3.63, 3.8) is 0 Å². The Morgan fingerprint density at radius 2 is 1.95 bits per heavy atom. The van der Waals surface area contributed by atoms with Crippen LogP contribution < -0.4 is 9.64 Å². The second-order valence-electron chi connectivity index (χ2n) is 5.37. The smallest absolute Gasteiger partial charge is 0.271 e. The lowest BCUT2D eigenvalue weighted by molar-refractivity contribution is -0.137. The Kier molecular flexibility index (Phi) is 3.84. The van der Waals surface area contributed by atoms with Crippen molar-refractivity contribution in [2.75, 3.05) is 11.4 Å². The Labute approximate surface area is 119 Å². The molecule has 0 aromatic heterocycles. The average molecular weight is 275 g/mol. The fraction of sp³-hybridized carbons (Fsp3) is 0.500. The molecule has 0 saturated heterocycles. The maximum atomic E-state index is 12.8. The molecule has 0 aliphatic carbocycles. The molecule has 2 rings (SSSR count). The van der Waals surface area contributed by atoms with Crippen LogP contribution in [0.5, 0.6) is 5.75 Å². The standard InChI is InChI=1S/C16H21NO3/c1-5-16(6-2)15(19)17(10-12(4)18)13-9-11(3)7-8-14(13)20-16/h7-9H,5-6,10H2,1-4H3. The Morgan fingerprint density at radius 3 is 2.50 bits per heavy atom. The van der Waals surface area contributed by atoms with E-state index in [0.717, 1.165) is 5.56 Å². The summed E-state index contributed by atoms with van der Waals surface area (Å²) in [5, 5.41) is 0. The predicted molar refractivity (Wildman–Crippen MR) is 78.2 cm³/mol. The molecule has 1 aliphatic heterocycles. The second-order valence-corrected chi connectivity index (χ2v) is 5.37. The van der Waals surface area contributed by atoms with E-state index in [0.29, 0.717) is 24.3 Å². The summed E-state index contributed by atoms with van der Waals surface area (Å²) in [6.45, 7) is 7.43. The third kappa shape index (κ3) is 2.30. The molecule has 1 aromatic carbocycles. The van der Waals surface area contributed by atoms with Crippen molar-refractivity contribution in [3.8, 4) is 5.75 Å². The Morgan fingerprint density at radius 1 is 1.30 bits per heavy atom. The minimum atomic E-state index is -0.849. The zero-order chi connectivity index (χ0) is 14.9. The van der Waals surface area contributed by atoms with Gasteiger partial charge in [-0.1, -0.05) is 19.9 Å². The number of amides is 1. The number of hydrogen-bond acceptors (Lipinski definition) is 3. The number of carbonyl (C=O) groups is 2. The lowest BCUT2D eigenvalue weighted by Gasteiger charge is -2.41. The second kappa shape index (κ2) is 5.27. The van der Waals surface area contributed by atoms with Gasteiger partial charge in [-0.25, -0.2) is 0 Å². The molecule has 0 spiro atoms. The molecule has 0 radical (unpaired) electrons. The molecule has 0 N–H and O–H groups in total. The van der Waals surface area contributed by atoms with E-state index in [-0.39, 0.29) is 18.2 Å². The van der Waals surface area contributed by atoms with Crippen molar-refractivity contribution in [2.45, 2.75) is 46.1 Å². The van der Waals surface area contributed by atoms with Crippen LogP contribution in [-0.2, 0) is 9.59 Å². The van der Waals surface area contributed by atoms with Gasteiger partial charge in [0.05, 0.1) is 12.2 Å². The van der Waals surface area contributed by atoms with E-state index in [9.17, 15) is 9.59 Å². The first-order valence-electron chi connectivity index (χ1n) is 7.04. The van der Waals surface area contributed by atoms with E-state index in [1.165, 1.54) is 6.92 Å². The topological polar surface area (TPSA) is 46.6 Å². The largest absolute Gasteiger partial charge is 0.475 e. The van der Waals surface area contributed by atoms with Gasteiger partial charge in [0.1, 0.15) is 11.5 Å². The summed E-state index contributed by atoms with van der Waals surface area (Å²) in [6, 6.07) is 5.73. The van der Waals surface area contributed by atoms with Crippen LogP contribution in [0.2, 0.25) is 0 Å². The van der Waals surface area contributed by atoms with Crippen LogP contribution in [0.4, 0.5) is 5.69 Å². The number of anilines is 1. The summed E-state index contributed by atoms with van der Waals surface area (Å²) in [4.78, 5) is 25.8. The van der Waals surface area contributed by atoms with Crippen LogP contribution in [-0.4, -0.2) is 23.8 Å². The normalized spacial score (nSPS) is 16.6. The van der Waals surface area contributed by atoms with Gasteiger partial charge >= 0.3 is 0 Å². The number of benzene rings is 1. The molecular weight excluding hydrogens is 254 g/mol. The third-order valence-corrected chi connectivity index (χ3v) is 3.87. The molecule has 0 bridgehead atoms. The van der Waals surface area contributed by atoms with Crippen molar-refractivity contribution >= 4 is 17.4 Å². The van der Waals surface area contributed by atoms with Crippen LogP contribution in [0.3, 0.4) is 0 Å². The summed E-state index contributed by atoms with van der Waals surface area (Å²) < 4.78 is 5.99. The van der Waals surface area contributed by atoms with Gasteiger partial charge < -0.3 is 4.74 Å². The highest BCUT2D eigenvalue weighted by Crippen LogP contribution is 2.40. The van der Waals surface area contributed by atoms with Gasteiger partial charge in [0.2, 0.25) is 0 Å². The zero-order valence-electron chi connectivity index (χ0n) is 12.5. The molecule has 0 unspecified atom stereocenters. The molecule has 0 fully saturated rings. The number of ketones is 1. The highest BCUT2D eigenvalue weighted by atomic mass is 16.5. The van der Waals surface area contributed by atoms with Gasteiger partial charge in [-0.05, 0) is 44.4 Å². The number of carbonyl (C=O) groups excluding carboxylic acids is 2. The zero-order valence-corrected chi connectivity index (χ0v) is 12.5. The van der Waals surface area contributed by atoms with E-state index < -0.39 is 5.60 Å². The Hall–Kier alpha value is -1.84. The number of aryl methyl sites for hydroxylation is 1. The van der Waals surface area contributed by atoms with Gasteiger partial charge in [-0.2, -0.15) is 0 Å². The lowest BCUT2D eigenvalue weighted by atomic mass is 9.92. The number of nitrogens with zero attached hydrogens (tertiary/aromatic N) is 1. The number of fused-ring (bicyclic) bond motifs is 1. The van der Waals surface area contributed by atoms with Crippen LogP contribution >= 0.6 is 0 Å². The van der Waals surface area contributed by atoms with E-state index in [4.69, 9.17) is 4.74 Å². The first kappa shape index (κ1) is 14.6. The number of hydrogen-bond donors (Lipinski definition) is 0. The van der Waals surface area contributed by atoms with Gasteiger partial charge in [0, 0.05) is 0 Å². The summed E-state index contributed by atoms with van der Waals surface area (Å²) in [5.74, 6) is 0.532. The quantitative estimate of drug-likeness (QED) is 0.849. The monoisotopic (exact) mass is 275 g/mol. The first-order valence-corrected chi connectivity index (χ1v) is 7.04. The molecule has 0 atom stereocenters. The fourth-order valence-electron chi connectivity index (χ4n) is 2.61. The van der Waals surface area contributed by atoms with Gasteiger partial charge in [-0.15, -0.1) is 0 Å². The molecule has 4 heteroatoms. The van der Waals surface area contributed by atoms with Crippen LogP contribution in [0.1, 0.15) is 39.2 Å². The van der Waals surface area contributed by atoms with E-state index in [1.54, 1.807) is 4.90 Å². The van der Waals surface area contributed by atoms with E-state index in [2.05, 4.69) is 0 Å². The molecule has 1 aliphatic rings. The molecule has 1 aromatic rings. The van der Waals surface area contributed by atoms with E-state index in [1.807, 2.05) is 39.0 Å². The highest BCUT2D eigenvalue weighted by molar-refractivity contribution is 6.06. The molecule has 4 nitrogen and oxygen atoms in total. The Balaban J connectivity index is 2.55. The van der Waals surface area contributed by atoms with Gasteiger partial charge in [0.15, 0.2) is 5.60 Å². The van der Waals surface area contributed by atoms with Crippen LogP contribution in [0.25, 0.3) is 0 Å². The van der Waals surface area contributed by atoms with Gasteiger partial charge in [0.25, 0.3) is 5.91 Å².